The van der Waals surface area contributed by atoms with Gasteiger partial charge in [-0.15, -0.1) is 0 Å². The quantitative estimate of drug-likeness (QED) is 0.799. The molecule has 0 saturated carbocycles. The number of carbonyl (C=O) groups excluding carboxylic acids is 2. The summed E-state index contributed by atoms with van der Waals surface area (Å²) in [5.74, 6) is 0.327. The predicted octanol–water partition coefficient (Wildman–Crippen LogP) is 0.488. The number of rotatable bonds is 5. The Balaban J connectivity index is 2.75. The molecule has 2 N–H and O–H groups in total. The zero-order chi connectivity index (χ0) is 13.5. The summed E-state index contributed by atoms with van der Waals surface area (Å²) in [5.41, 5.74) is 0.957. The number of likely N-dealkylation sites (N-methyl/N-ethyl adjacent to an activating group) is 1. The molecular weight excluding hydrogens is 232 g/mol. The second-order valence-electron chi connectivity index (χ2n) is 3.92. The fraction of sp³-hybridized carbons (Fsp3) is 0.385. The van der Waals surface area contributed by atoms with Gasteiger partial charge in [0.05, 0.1) is 7.11 Å². The molecule has 1 atom stereocenters. The Hall–Kier alpha value is -2.04. The number of carbonyl (C=O) groups is 2. The van der Waals surface area contributed by atoms with Crippen molar-refractivity contribution in [3.05, 3.63) is 29.8 Å². The van der Waals surface area contributed by atoms with E-state index in [0.29, 0.717) is 6.42 Å². The van der Waals surface area contributed by atoms with Crippen molar-refractivity contribution in [3.8, 4) is 5.75 Å². The second-order valence-corrected chi connectivity index (χ2v) is 3.92. The van der Waals surface area contributed by atoms with Crippen molar-refractivity contribution in [2.75, 3.05) is 14.2 Å². The molecule has 2 amide bonds. The lowest BCUT2D eigenvalue weighted by Crippen LogP contribution is -2.46. The number of amides is 2. The van der Waals surface area contributed by atoms with Crippen molar-refractivity contribution in [2.24, 2.45) is 0 Å². The highest BCUT2D eigenvalue weighted by Gasteiger charge is 2.18. The van der Waals surface area contributed by atoms with Gasteiger partial charge in [0.25, 0.3) is 0 Å². The van der Waals surface area contributed by atoms with Crippen LogP contribution in [0.3, 0.4) is 0 Å². The third-order valence-electron chi connectivity index (χ3n) is 2.54. The van der Waals surface area contributed by atoms with Crippen LogP contribution in [0.2, 0.25) is 0 Å². The number of ether oxygens (including phenoxy) is 1. The molecule has 0 aliphatic carbocycles. The van der Waals surface area contributed by atoms with Gasteiger partial charge in [0.15, 0.2) is 0 Å². The van der Waals surface area contributed by atoms with Crippen LogP contribution in [0.25, 0.3) is 0 Å². The highest BCUT2D eigenvalue weighted by Crippen LogP contribution is 2.12. The molecule has 18 heavy (non-hydrogen) atoms. The van der Waals surface area contributed by atoms with Crippen LogP contribution in [0, 0.1) is 0 Å². The lowest BCUT2D eigenvalue weighted by atomic mass is 10.1. The molecule has 5 nitrogen and oxygen atoms in total. The number of benzene rings is 1. The Morgan fingerprint density at radius 2 is 1.89 bits per heavy atom. The highest BCUT2D eigenvalue weighted by atomic mass is 16.5. The molecule has 98 valence electrons. The van der Waals surface area contributed by atoms with Crippen LogP contribution in [0.1, 0.15) is 12.5 Å². The first kappa shape index (κ1) is 14.0. The van der Waals surface area contributed by atoms with Crippen LogP contribution in [-0.4, -0.2) is 32.0 Å². The molecule has 1 aromatic rings. The van der Waals surface area contributed by atoms with E-state index in [4.69, 9.17) is 4.74 Å². The summed E-state index contributed by atoms with van der Waals surface area (Å²) in [4.78, 5) is 22.7. The van der Waals surface area contributed by atoms with E-state index in [1.165, 1.54) is 6.92 Å². The van der Waals surface area contributed by atoms with E-state index in [0.717, 1.165) is 11.3 Å². The van der Waals surface area contributed by atoms with E-state index >= 15 is 0 Å². The minimum atomic E-state index is -0.555. The van der Waals surface area contributed by atoms with Crippen LogP contribution in [0.15, 0.2) is 24.3 Å². The Morgan fingerprint density at radius 3 is 2.33 bits per heavy atom. The van der Waals surface area contributed by atoms with E-state index in [1.807, 2.05) is 24.3 Å². The molecule has 1 unspecified atom stereocenters. The van der Waals surface area contributed by atoms with Crippen molar-refractivity contribution in [3.63, 3.8) is 0 Å². The van der Waals surface area contributed by atoms with Crippen molar-refractivity contribution in [1.29, 1.82) is 0 Å². The van der Waals surface area contributed by atoms with E-state index in [9.17, 15) is 9.59 Å². The summed E-state index contributed by atoms with van der Waals surface area (Å²) in [6.45, 7) is 1.39. The Labute approximate surface area is 107 Å². The molecule has 1 rings (SSSR count). The van der Waals surface area contributed by atoms with Crippen molar-refractivity contribution in [2.45, 2.75) is 19.4 Å². The smallest absolute Gasteiger partial charge is 0.242 e. The standard InChI is InChI=1S/C13H18N2O3/c1-9(16)15-12(13(17)14-2)8-10-4-6-11(18-3)7-5-10/h4-7,12H,8H2,1-3H3,(H,14,17)(H,15,16). The van der Waals surface area contributed by atoms with Gasteiger partial charge in [-0.05, 0) is 17.7 Å². The number of nitrogens with one attached hydrogen (secondary N) is 2. The van der Waals surface area contributed by atoms with E-state index < -0.39 is 6.04 Å². The Kier molecular flexibility index (Phi) is 5.17. The Bertz CT molecular complexity index is 415. The summed E-state index contributed by atoms with van der Waals surface area (Å²) in [5, 5.41) is 5.16. The lowest BCUT2D eigenvalue weighted by molar-refractivity contribution is -0.127. The third kappa shape index (κ3) is 4.08. The largest absolute Gasteiger partial charge is 0.497 e. The minimum absolute atomic E-state index is 0.207. The SMILES string of the molecule is CNC(=O)C(Cc1ccc(OC)cc1)NC(C)=O. The normalized spacial score (nSPS) is 11.5. The molecule has 0 saturated heterocycles. The fourth-order valence-electron chi connectivity index (χ4n) is 1.63. The van der Waals surface area contributed by atoms with Crippen LogP contribution in [0.5, 0.6) is 5.75 Å². The van der Waals surface area contributed by atoms with Crippen LogP contribution >= 0.6 is 0 Å². The summed E-state index contributed by atoms with van der Waals surface area (Å²) in [6, 6.07) is 6.84. The van der Waals surface area contributed by atoms with Gasteiger partial charge < -0.3 is 15.4 Å². The van der Waals surface area contributed by atoms with Gasteiger partial charge in [0, 0.05) is 20.4 Å². The molecule has 0 bridgehead atoms. The molecule has 0 spiro atoms. The molecule has 1 aromatic carbocycles. The molecule has 0 aliphatic rings. The van der Waals surface area contributed by atoms with Crippen LogP contribution < -0.4 is 15.4 Å². The first-order valence-corrected chi connectivity index (χ1v) is 5.68. The van der Waals surface area contributed by atoms with Crippen molar-refractivity contribution < 1.29 is 14.3 Å². The van der Waals surface area contributed by atoms with Gasteiger partial charge in [0.2, 0.25) is 11.8 Å². The molecule has 0 aliphatic heterocycles. The predicted molar refractivity (Wildman–Crippen MR) is 68.4 cm³/mol. The topological polar surface area (TPSA) is 67.4 Å². The van der Waals surface area contributed by atoms with Gasteiger partial charge in [-0.3, -0.25) is 9.59 Å². The van der Waals surface area contributed by atoms with Gasteiger partial charge in [0.1, 0.15) is 11.8 Å². The van der Waals surface area contributed by atoms with E-state index in [-0.39, 0.29) is 11.8 Å². The number of methoxy groups -OCH3 is 1. The minimum Gasteiger partial charge on any atom is -0.497 e. The zero-order valence-corrected chi connectivity index (χ0v) is 10.8. The Morgan fingerprint density at radius 1 is 1.28 bits per heavy atom. The van der Waals surface area contributed by atoms with Gasteiger partial charge in [-0.1, -0.05) is 12.1 Å². The molecular formula is C13H18N2O3. The van der Waals surface area contributed by atoms with Crippen molar-refractivity contribution >= 4 is 11.8 Å². The second kappa shape index (κ2) is 6.64. The summed E-state index contributed by atoms with van der Waals surface area (Å²) in [7, 11) is 3.14. The van der Waals surface area contributed by atoms with Gasteiger partial charge in [-0.2, -0.15) is 0 Å². The summed E-state index contributed by atoms with van der Waals surface area (Å²) < 4.78 is 5.06. The highest BCUT2D eigenvalue weighted by molar-refractivity contribution is 5.86. The average Bonchev–Trinajstić information content (AvgIpc) is 2.37. The maximum Gasteiger partial charge on any atom is 0.242 e. The molecule has 0 radical (unpaired) electrons. The first-order valence-electron chi connectivity index (χ1n) is 5.68. The molecule has 0 aromatic heterocycles. The van der Waals surface area contributed by atoms with E-state index in [1.54, 1.807) is 14.2 Å². The molecule has 0 heterocycles. The van der Waals surface area contributed by atoms with E-state index in [2.05, 4.69) is 10.6 Å². The van der Waals surface area contributed by atoms with Crippen molar-refractivity contribution in [1.82, 2.24) is 10.6 Å². The molecule has 0 fully saturated rings. The summed E-state index contributed by atoms with van der Waals surface area (Å²) >= 11 is 0. The summed E-state index contributed by atoms with van der Waals surface area (Å²) in [6.07, 6.45) is 0.448. The molecule has 5 heteroatoms. The third-order valence-corrected chi connectivity index (χ3v) is 2.54. The first-order chi connectivity index (χ1) is 8.56. The zero-order valence-electron chi connectivity index (χ0n) is 10.8. The maximum absolute atomic E-state index is 11.6. The number of hydrogen-bond donors (Lipinski definition) is 2. The van der Waals surface area contributed by atoms with Crippen LogP contribution in [0.4, 0.5) is 0 Å². The lowest BCUT2D eigenvalue weighted by Gasteiger charge is -2.16. The van der Waals surface area contributed by atoms with Gasteiger partial charge in [-0.25, -0.2) is 0 Å². The fourth-order valence-corrected chi connectivity index (χ4v) is 1.63. The maximum atomic E-state index is 11.6. The monoisotopic (exact) mass is 250 g/mol. The number of hydrogen-bond acceptors (Lipinski definition) is 3. The van der Waals surface area contributed by atoms with Gasteiger partial charge >= 0.3 is 0 Å². The van der Waals surface area contributed by atoms with Crippen LogP contribution in [-0.2, 0) is 16.0 Å². The average molecular weight is 250 g/mol.